The van der Waals surface area contributed by atoms with Crippen LogP contribution in [0.5, 0.6) is 0 Å². The van der Waals surface area contributed by atoms with Crippen molar-refractivity contribution in [2.45, 2.75) is 39.7 Å². The molecule has 0 heterocycles. The summed E-state index contributed by atoms with van der Waals surface area (Å²) >= 11 is 0. The number of ether oxygens (including phenoxy) is 3. The molecular weight excluding hydrogens is 266 g/mol. The molecule has 0 aromatic rings. The van der Waals surface area contributed by atoms with E-state index in [1.165, 1.54) is 7.11 Å². The van der Waals surface area contributed by atoms with Crippen LogP contribution in [0, 0.1) is 0 Å². The normalized spacial score (nSPS) is 10.7. The van der Waals surface area contributed by atoms with E-state index < -0.39 is 23.6 Å². The summed E-state index contributed by atoms with van der Waals surface area (Å²) in [6.07, 6.45) is -0.684. The second kappa shape index (κ2) is 8.39. The van der Waals surface area contributed by atoms with Crippen LogP contribution in [0.4, 0.5) is 4.79 Å². The van der Waals surface area contributed by atoms with E-state index in [-0.39, 0.29) is 26.1 Å². The molecule has 0 radical (unpaired) electrons. The van der Waals surface area contributed by atoms with Crippen molar-refractivity contribution in [2.24, 2.45) is 0 Å². The lowest BCUT2D eigenvalue weighted by molar-refractivity contribution is -0.145. The van der Waals surface area contributed by atoms with E-state index in [9.17, 15) is 14.4 Å². The number of hydrogen-bond donors (Lipinski definition) is 0. The Balaban J connectivity index is 4.59. The molecule has 0 saturated heterocycles. The summed E-state index contributed by atoms with van der Waals surface area (Å²) in [5.74, 6) is -1.02. The van der Waals surface area contributed by atoms with Crippen molar-refractivity contribution < 1.29 is 28.6 Å². The van der Waals surface area contributed by atoms with E-state index in [2.05, 4.69) is 4.74 Å². The Bertz CT molecular complexity index is 347. The highest BCUT2D eigenvalue weighted by atomic mass is 16.6. The molecule has 0 N–H and O–H groups in total. The van der Waals surface area contributed by atoms with Crippen molar-refractivity contribution in [2.75, 3.05) is 26.8 Å². The zero-order chi connectivity index (χ0) is 15.8. The largest absolute Gasteiger partial charge is 0.468 e. The predicted octanol–water partition coefficient (Wildman–Crippen LogP) is 1.35. The minimum absolute atomic E-state index is 0.00984. The Labute approximate surface area is 119 Å². The number of methoxy groups -OCH3 is 1. The Morgan fingerprint density at radius 1 is 1.10 bits per heavy atom. The molecule has 0 saturated carbocycles. The van der Waals surface area contributed by atoms with Gasteiger partial charge in [0.15, 0.2) is 0 Å². The molecular formula is C13H23NO6. The minimum atomic E-state index is -0.685. The fraction of sp³-hybridized carbons (Fsp3) is 0.769. The van der Waals surface area contributed by atoms with Gasteiger partial charge in [-0.2, -0.15) is 0 Å². The molecule has 0 rings (SSSR count). The van der Waals surface area contributed by atoms with Crippen LogP contribution in [0.3, 0.4) is 0 Å². The Morgan fingerprint density at radius 2 is 1.70 bits per heavy atom. The summed E-state index contributed by atoms with van der Waals surface area (Å²) in [5, 5.41) is 0. The molecule has 0 aliphatic rings. The molecule has 0 spiro atoms. The van der Waals surface area contributed by atoms with Gasteiger partial charge >= 0.3 is 18.0 Å². The van der Waals surface area contributed by atoms with E-state index in [0.717, 1.165) is 4.90 Å². The van der Waals surface area contributed by atoms with Crippen molar-refractivity contribution in [3.05, 3.63) is 0 Å². The summed E-state index contributed by atoms with van der Waals surface area (Å²) in [5.41, 5.74) is -0.685. The monoisotopic (exact) mass is 289 g/mol. The third-order valence-electron chi connectivity index (χ3n) is 2.09. The number of carbonyl (C=O) groups is 3. The molecule has 0 aromatic carbocycles. The van der Waals surface area contributed by atoms with Gasteiger partial charge in [-0.1, -0.05) is 0 Å². The van der Waals surface area contributed by atoms with Crippen LogP contribution in [-0.2, 0) is 23.8 Å². The highest BCUT2D eigenvalue weighted by Gasteiger charge is 2.24. The Hall–Kier alpha value is -1.79. The van der Waals surface area contributed by atoms with E-state index in [0.29, 0.717) is 0 Å². The zero-order valence-electron chi connectivity index (χ0n) is 12.7. The molecule has 7 heteroatoms. The quantitative estimate of drug-likeness (QED) is 0.542. The van der Waals surface area contributed by atoms with Crippen LogP contribution >= 0.6 is 0 Å². The topological polar surface area (TPSA) is 82.1 Å². The van der Waals surface area contributed by atoms with E-state index in [4.69, 9.17) is 9.47 Å². The van der Waals surface area contributed by atoms with E-state index >= 15 is 0 Å². The SMILES string of the molecule is CCOC(=O)CCN(CC(=O)OC)C(=O)OC(C)(C)C. The maximum atomic E-state index is 11.9. The van der Waals surface area contributed by atoms with Crippen molar-refractivity contribution in [1.82, 2.24) is 4.90 Å². The third-order valence-corrected chi connectivity index (χ3v) is 2.09. The molecule has 0 unspecified atom stereocenters. The van der Waals surface area contributed by atoms with Gasteiger partial charge in [-0.15, -0.1) is 0 Å². The Kier molecular flexibility index (Phi) is 7.64. The van der Waals surface area contributed by atoms with Crippen LogP contribution < -0.4 is 0 Å². The fourth-order valence-corrected chi connectivity index (χ4v) is 1.24. The van der Waals surface area contributed by atoms with Gasteiger partial charge in [0.05, 0.1) is 20.1 Å². The highest BCUT2D eigenvalue weighted by molar-refractivity contribution is 5.78. The molecule has 0 fully saturated rings. The number of rotatable bonds is 6. The van der Waals surface area contributed by atoms with Crippen molar-refractivity contribution in [3.8, 4) is 0 Å². The number of hydrogen-bond acceptors (Lipinski definition) is 6. The summed E-state index contributed by atoms with van der Waals surface area (Å²) in [6, 6.07) is 0. The molecule has 7 nitrogen and oxygen atoms in total. The second-order valence-electron chi connectivity index (χ2n) is 5.03. The summed E-state index contributed by atoms with van der Waals surface area (Å²) in [7, 11) is 1.22. The zero-order valence-corrected chi connectivity index (χ0v) is 12.7. The number of esters is 2. The predicted molar refractivity (Wildman–Crippen MR) is 71.1 cm³/mol. The maximum absolute atomic E-state index is 11.9. The number of carbonyl (C=O) groups excluding carboxylic acids is 3. The van der Waals surface area contributed by atoms with Gasteiger partial charge in [0, 0.05) is 6.54 Å². The van der Waals surface area contributed by atoms with Gasteiger partial charge in [0.1, 0.15) is 12.1 Å². The van der Waals surface area contributed by atoms with Gasteiger partial charge in [-0.05, 0) is 27.7 Å². The van der Waals surface area contributed by atoms with Crippen LogP contribution in [0.15, 0.2) is 0 Å². The average molecular weight is 289 g/mol. The van der Waals surface area contributed by atoms with Crippen molar-refractivity contribution in [1.29, 1.82) is 0 Å². The number of nitrogens with zero attached hydrogens (tertiary/aromatic N) is 1. The second-order valence-corrected chi connectivity index (χ2v) is 5.03. The fourth-order valence-electron chi connectivity index (χ4n) is 1.24. The molecule has 116 valence electrons. The first kappa shape index (κ1) is 18.2. The maximum Gasteiger partial charge on any atom is 0.410 e. The highest BCUT2D eigenvalue weighted by Crippen LogP contribution is 2.10. The average Bonchev–Trinajstić information content (AvgIpc) is 2.32. The summed E-state index contributed by atoms with van der Waals surface area (Å²) in [4.78, 5) is 35.6. The van der Waals surface area contributed by atoms with Crippen LogP contribution in [0.2, 0.25) is 0 Å². The van der Waals surface area contributed by atoms with Gasteiger partial charge in [-0.25, -0.2) is 4.79 Å². The first-order chi connectivity index (χ1) is 9.19. The van der Waals surface area contributed by atoms with Gasteiger partial charge in [0.2, 0.25) is 0 Å². The first-order valence-corrected chi connectivity index (χ1v) is 6.40. The van der Waals surface area contributed by atoms with Gasteiger partial charge in [0.25, 0.3) is 0 Å². The minimum Gasteiger partial charge on any atom is -0.468 e. The molecule has 20 heavy (non-hydrogen) atoms. The van der Waals surface area contributed by atoms with Crippen molar-refractivity contribution in [3.63, 3.8) is 0 Å². The van der Waals surface area contributed by atoms with E-state index in [1.807, 2.05) is 0 Å². The number of amides is 1. The lowest BCUT2D eigenvalue weighted by Crippen LogP contribution is -2.41. The van der Waals surface area contributed by atoms with E-state index in [1.54, 1.807) is 27.7 Å². The standard InChI is InChI=1S/C13H23NO6/c1-6-19-10(15)7-8-14(9-11(16)18-5)12(17)20-13(2,3)4/h6-9H2,1-5H3. The van der Waals surface area contributed by atoms with Crippen LogP contribution in [0.1, 0.15) is 34.1 Å². The van der Waals surface area contributed by atoms with Crippen molar-refractivity contribution >= 4 is 18.0 Å². The smallest absolute Gasteiger partial charge is 0.410 e. The molecule has 0 bridgehead atoms. The van der Waals surface area contributed by atoms with Crippen LogP contribution in [-0.4, -0.2) is 55.3 Å². The molecule has 0 aliphatic heterocycles. The molecule has 1 amide bonds. The first-order valence-electron chi connectivity index (χ1n) is 6.40. The lowest BCUT2D eigenvalue weighted by Gasteiger charge is -2.26. The van der Waals surface area contributed by atoms with Crippen LogP contribution in [0.25, 0.3) is 0 Å². The third kappa shape index (κ3) is 8.34. The van der Waals surface area contributed by atoms with Gasteiger partial charge in [-0.3, -0.25) is 14.5 Å². The molecule has 0 aliphatic carbocycles. The molecule has 0 aromatic heterocycles. The Morgan fingerprint density at radius 3 is 2.15 bits per heavy atom. The lowest BCUT2D eigenvalue weighted by atomic mass is 10.2. The van der Waals surface area contributed by atoms with Gasteiger partial charge < -0.3 is 14.2 Å². The summed E-state index contributed by atoms with van der Waals surface area (Å²) in [6.45, 7) is 6.86. The molecule has 0 atom stereocenters. The summed E-state index contributed by atoms with van der Waals surface area (Å²) < 4.78 is 14.4.